The summed E-state index contributed by atoms with van der Waals surface area (Å²) in [5, 5.41) is 19.4. The van der Waals surface area contributed by atoms with Gasteiger partial charge in [-0.1, -0.05) is 45.9 Å². The summed E-state index contributed by atoms with van der Waals surface area (Å²) in [6.07, 6.45) is 7.50. The molecular weight excluding hydrogens is 300 g/mol. The van der Waals surface area contributed by atoms with Crippen LogP contribution in [0, 0.1) is 0 Å². The van der Waals surface area contributed by atoms with E-state index in [-0.39, 0.29) is 11.9 Å². The average Bonchev–Trinajstić information content (AvgIpc) is 3.19. The van der Waals surface area contributed by atoms with Crippen LogP contribution < -0.4 is 0 Å². The van der Waals surface area contributed by atoms with E-state index in [1.54, 1.807) is 6.07 Å². The van der Waals surface area contributed by atoms with Crippen LogP contribution in [-0.4, -0.2) is 24.7 Å². The molecule has 0 radical (unpaired) electrons. The number of rotatable bonds is 5. The molecule has 1 N–H and O–H groups in total. The van der Waals surface area contributed by atoms with E-state index in [0.717, 1.165) is 16.7 Å². The number of para-hydroxylation sites is 1. The molecule has 5 nitrogen and oxygen atoms in total. The number of aromatic nitrogens is 4. The van der Waals surface area contributed by atoms with Crippen LogP contribution in [0.5, 0.6) is 5.75 Å². The fourth-order valence-corrected chi connectivity index (χ4v) is 2.68. The molecule has 0 amide bonds. The van der Waals surface area contributed by atoms with Crippen LogP contribution in [0.3, 0.4) is 0 Å². The minimum atomic E-state index is -0.314. The molecule has 0 aliphatic rings. The average molecular weight is 324 g/mol. The van der Waals surface area contributed by atoms with Crippen molar-refractivity contribution in [3.05, 3.63) is 65.7 Å². The minimum absolute atomic E-state index is 0.241. The Kier molecular flexibility index (Phi) is 4.42. The lowest BCUT2D eigenvalue weighted by molar-refractivity contribution is 0.391. The van der Waals surface area contributed by atoms with Crippen LogP contribution in [0.2, 0.25) is 0 Å². The molecule has 1 aromatic carbocycles. The molecule has 2 aromatic heterocycles. The highest BCUT2D eigenvalue weighted by molar-refractivity contribution is 5.35. The second-order valence-electron chi connectivity index (χ2n) is 6.75. The molecule has 0 aliphatic heterocycles. The number of phenols is 1. The summed E-state index contributed by atoms with van der Waals surface area (Å²) >= 11 is 0. The van der Waals surface area contributed by atoms with Gasteiger partial charge in [0.1, 0.15) is 5.75 Å². The van der Waals surface area contributed by atoms with Gasteiger partial charge in [-0.2, -0.15) is 10.2 Å². The van der Waals surface area contributed by atoms with Gasteiger partial charge in [-0.25, -0.2) is 9.36 Å². The molecule has 0 spiro atoms. The molecule has 3 aromatic rings. The van der Waals surface area contributed by atoms with Crippen molar-refractivity contribution in [1.29, 1.82) is 0 Å². The first kappa shape index (κ1) is 16.3. The Morgan fingerprint density at radius 1 is 0.833 bits per heavy atom. The van der Waals surface area contributed by atoms with Crippen molar-refractivity contribution in [3.8, 4) is 5.75 Å². The van der Waals surface area contributed by atoms with Gasteiger partial charge in [-0.05, 0) is 29.0 Å². The van der Waals surface area contributed by atoms with Crippen LogP contribution in [0.1, 0.15) is 62.4 Å². The Morgan fingerprint density at radius 2 is 1.33 bits per heavy atom. The van der Waals surface area contributed by atoms with Crippen LogP contribution in [0.4, 0.5) is 0 Å². The highest BCUT2D eigenvalue weighted by Crippen LogP contribution is 2.29. The largest absolute Gasteiger partial charge is 0.508 e. The Bertz CT molecular complexity index is 770. The number of nitrogens with zero attached hydrogens (tertiary/aromatic N) is 4. The summed E-state index contributed by atoms with van der Waals surface area (Å²) in [6, 6.07) is 7.35. The molecule has 3 rings (SSSR count). The third-order valence-electron chi connectivity index (χ3n) is 4.29. The van der Waals surface area contributed by atoms with Crippen LogP contribution in [-0.2, 0) is 0 Å². The lowest BCUT2D eigenvalue weighted by Gasteiger charge is -2.20. The third-order valence-corrected chi connectivity index (χ3v) is 4.29. The zero-order chi connectivity index (χ0) is 17.3. The fraction of sp³-hybridized carbons (Fsp3) is 0.368. The van der Waals surface area contributed by atoms with E-state index in [4.69, 9.17) is 0 Å². The quantitative estimate of drug-likeness (QED) is 0.768. The molecule has 2 heterocycles. The van der Waals surface area contributed by atoms with Crippen molar-refractivity contribution >= 4 is 0 Å². The van der Waals surface area contributed by atoms with E-state index in [0.29, 0.717) is 11.8 Å². The van der Waals surface area contributed by atoms with Gasteiger partial charge in [0.25, 0.3) is 0 Å². The second kappa shape index (κ2) is 6.51. The van der Waals surface area contributed by atoms with E-state index in [1.165, 1.54) is 0 Å². The Balaban J connectivity index is 2.11. The lowest BCUT2D eigenvalue weighted by Crippen LogP contribution is -2.20. The Morgan fingerprint density at radius 3 is 1.75 bits per heavy atom. The molecule has 24 heavy (non-hydrogen) atoms. The maximum Gasteiger partial charge on any atom is 0.172 e. The van der Waals surface area contributed by atoms with Crippen molar-refractivity contribution < 1.29 is 5.11 Å². The van der Waals surface area contributed by atoms with Crippen LogP contribution in [0.25, 0.3) is 0 Å². The molecule has 0 saturated carbocycles. The second-order valence-corrected chi connectivity index (χ2v) is 6.75. The summed E-state index contributed by atoms with van der Waals surface area (Å²) in [4.78, 5) is 0. The Labute approximate surface area is 142 Å². The van der Waals surface area contributed by atoms with Crippen molar-refractivity contribution in [1.82, 2.24) is 19.6 Å². The first-order valence-electron chi connectivity index (χ1n) is 8.33. The maximum absolute atomic E-state index is 10.4. The van der Waals surface area contributed by atoms with Gasteiger partial charge < -0.3 is 5.11 Å². The van der Waals surface area contributed by atoms with Gasteiger partial charge in [0.05, 0.1) is 12.4 Å². The van der Waals surface area contributed by atoms with Crippen LogP contribution >= 0.6 is 0 Å². The van der Waals surface area contributed by atoms with E-state index in [9.17, 15) is 5.11 Å². The van der Waals surface area contributed by atoms with Gasteiger partial charge >= 0.3 is 0 Å². The van der Waals surface area contributed by atoms with Crippen LogP contribution in [0.15, 0.2) is 49.1 Å². The lowest BCUT2D eigenvalue weighted by atomic mass is 10.1. The maximum atomic E-state index is 10.4. The van der Waals surface area contributed by atoms with Crippen molar-refractivity contribution in [3.63, 3.8) is 0 Å². The SMILES string of the molecule is CC(C)c1cnn(C(c2ccccc2O)n2cc(C(C)C)cn2)c1. The molecule has 5 heteroatoms. The van der Waals surface area contributed by atoms with Crippen molar-refractivity contribution in [2.24, 2.45) is 0 Å². The fourth-order valence-electron chi connectivity index (χ4n) is 2.68. The van der Waals surface area contributed by atoms with Gasteiger partial charge in [0, 0.05) is 18.0 Å². The number of hydrogen-bond acceptors (Lipinski definition) is 3. The van der Waals surface area contributed by atoms with Gasteiger partial charge in [-0.3, -0.25) is 0 Å². The first-order valence-corrected chi connectivity index (χ1v) is 8.33. The summed E-state index contributed by atoms with van der Waals surface area (Å²) in [5.41, 5.74) is 3.09. The molecule has 0 bridgehead atoms. The zero-order valence-electron chi connectivity index (χ0n) is 14.6. The first-order chi connectivity index (χ1) is 11.5. The van der Waals surface area contributed by atoms with Crippen molar-refractivity contribution in [2.45, 2.75) is 45.7 Å². The van der Waals surface area contributed by atoms with E-state index >= 15 is 0 Å². The van der Waals surface area contributed by atoms with Crippen molar-refractivity contribution in [2.75, 3.05) is 0 Å². The summed E-state index contributed by atoms with van der Waals surface area (Å²) in [5.74, 6) is 1.03. The van der Waals surface area contributed by atoms with Gasteiger partial charge in [0.15, 0.2) is 6.17 Å². The minimum Gasteiger partial charge on any atom is -0.508 e. The molecule has 0 atom stereocenters. The topological polar surface area (TPSA) is 55.9 Å². The summed E-state index contributed by atoms with van der Waals surface area (Å²) in [7, 11) is 0. The van der Waals surface area contributed by atoms with E-state index < -0.39 is 0 Å². The molecule has 0 fully saturated rings. The standard InChI is InChI=1S/C19H24N4O/c1-13(2)15-9-20-22(11-15)19(17-7-5-6-8-18(17)24)23-12-16(10-21-23)14(3)4/h5-14,19,24H,1-4H3. The Hall–Kier alpha value is -2.56. The molecular formula is C19H24N4O. The van der Waals surface area contributed by atoms with Gasteiger partial charge in [0.2, 0.25) is 0 Å². The predicted molar refractivity (Wildman–Crippen MR) is 94.3 cm³/mol. The molecule has 0 unspecified atom stereocenters. The molecule has 0 aliphatic carbocycles. The summed E-state index contributed by atoms with van der Waals surface area (Å²) in [6.45, 7) is 8.56. The molecule has 126 valence electrons. The third kappa shape index (κ3) is 3.07. The van der Waals surface area contributed by atoms with E-state index in [2.05, 4.69) is 37.9 Å². The highest BCUT2D eigenvalue weighted by Gasteiger charge is 2.22. The normalized spacial score (nSPS) is 11.8. The van der Waals surface area contributed by atoms with Gasteiger partial charge in [-0.15, -0.1) is 0 Å². The number of phenolic OH excluding ortho intramolecular Hbond substituents is 1. The number of aromatic hydroxyl groups is 1. The number of benzene rings is 1. The zero-order valence-corrected chi connectivity index (χ0v) is 14.6. The number of hydrogen-bond donors (Lipinski definition) is 1. The highest BCUT2D eigenvalue weighted by atomic mass is 16.3. The van der Waals surface area contributed by atoms with E-state index in [1.807, 2.05) is 52.4 Å². The monoisotopic (exact) mass is 324 g/mol. The molecule has 0 saturated heterocycles. The summed E-state index contributed by atoms with van der Waals surface area (Å²) < 4.78 is 3.73. The predicted octanol–water partition coefficient (Wildman–Crippen LogP) is 4.13. The smallest absolute Gasteiger partial charge is 0.172 e.